The molecule has 2 N–H and O–H groups in total. The Bertz CT molecular complexity index is 240. The van der Waals surface area contributed by atoms with Crippen molar-refractivity contribution in [3.05, 3.63) is 0 Å². The van der Waals surface area contributed by atoms with Crippen LogP contribution in [0.3, 0.4) is 0 Å². The highest BCUT2D eigenvalue weighted by atomic mass is 16.3. The normalized spacial score (nSPS) is 23.1. The molecule has 0 aromatic carbocycles. The van der Waals surface area contributed by atoms with Crippen LogP contribution in [0, 0.1) is 0 Å². The first-order valence-corrected chi connectivity index (χ1v) is 4.73. The van der Waals surface area contributed by atoms with Crippen molar-refractivity contribution in [3.8, 4) is 0 Å². The first-order chi connectivity index (χ1) is 6.50. The monoisotopic (exact) mass is 200 g/mol. The highest BCUT2D eigenvalue weighted by Crippen LogP contribution is 2.09. The van der Waals surface area contributed by atoms with Crippen molar-refractivity contribution < 1.29 is 14.7 Å². The average Bonchev–Trinajstić information content (AvgIpc) is 2.49. The molecule has 1 unspecified atom stereocenters. The number of hydrogen-bond acceptors (Lipinski definition) is 3. The highest BCUT2D eigenvalue weighted by molar-refractivity contribution is 5.90. The molecule has 0 aromatic heterocycles. The molecule has 1 rings (SSSR count). The van der Waals surface area contributed by atoms with Crippen molar-refractivity contribution in [2.24, 2.45) is 0 Å². The number of aliphatic hydroxyl groups excluding tert-OH is 1. The van der Waals surface area contributed by atoms with Crippen molar-refractivity contribution in [1.82, 2.24) is 10.2 Å². The third-order valence-electron chi connectivity index (χ3n) is 2.21. The van der Waals surface area contributed by atoms with Crippen LogP contribution in [0.15, 0.2) is 0 Å². The lowest BCUT2D eigenvalue weighted by Gasteiger charge is -2.22. The average molecular weight is 200 g/mol. The van der Waals surface area contributed by atoms with E-state index >= 15 is 0 Å². The maximum absolute atomic E-state index is 11.6. The zero-order chi connectivity index (χ0) is 10.7. The Labute approximate surface area is 83.1 Å². The molecular weight excluding hydrogens is 184 g/mol. The topological polar surface area (TPSA) is 69.6 Å². The summed E-state index contributed by atoms with van der Waals surface area (Å²) in [4.78, 5) is 23.9. The van der Waals surface area contributed by atoms with Crippen LogP contribution in [0.25, 0.3) is 0 Å². The smallest absolute Gasteiger partial charge is 0.244 e. The van der Waals surface area contributed by atoms with Gasteiger partial charge in [0.05, 0.1) is 6.10 Å². The Morgan fingerprint density at radius 3 is 2.86 bits per heavy atom. The Morgan fingerprint density at radius 1 is 1.79 bits per heavy atom. The van der Waals surface area contributed by atoms with Crippen LogP contribution in [-0.2, 0) is 9.59 Å². The number of carbonyl (C=O) groups is 2. The Balaban J connectivity index is 2.44. The third-order valence-corrected chi connectivity index (χ3v) is 2.21. The van der Waals surface area contributed by atoms with Crippen LogP contribution in [0.2, 0.25) is 0 Å². The standard InChI is InChI=1S/C9H16N2O3/c1-6(12)5-11(2)9(14)7-3-4-8(13)10-7/h6-7,12H,3-5H2,1-2H3,(H,10,13)/t6?,7-/m1/s1. The van der Waals surface area contributed by atoms with Gasteiger partial charge in [-0.05, 0) is 13.3 Å². The molecule has 80 valence electrons. The number of amides is 2. The second-order valence-corrected chi connectivity index (χ2v) is 3.73. The van der Waals surface area contributed by atoms with E-state index in [-0.39, 0.29) is 11.8 Å². The zero-order valence-corrected chi connectivity index (χ0v) is 8.49. The van der Waals surface area contributed by atoms with Gasteiger partial charge in [0.2, 0.25) is 11.8 Å². The summed E-state index contributed by atoms with van der Waals surface area (Å²) in [6.07, 6.45) is 0.432. The summed E-state index contributed by atoms with van der Waals surface area (Å²) in [5.41, 5.74) is 0. The second-order valence-electron chi connectivity index (χ2n) is 3.73. The van der Waals surface area contributed by atoms with E-state index in [4.69, 9.17) is 5.11 Å². The summed E-state index contributed by atoms with van der Waals surface area (Å²) in [5, 5.41) is 11.7. The third kappa shape index (κ3) is 2.70. The lowest BCUT2D eigenvalue weighted by atomic mass is 10.2. The number of hydrogen-bond donors (Lipinski definition) is 2. The molecule has 5 nitrogen and oxygen atoms in total. The number of likely N-dealkylation sites (N-methyl/N-ethyl adjacent to an activating group) is 1. The number of rotatable bonds is 3. The Morgan fingerprint density at radius 2 is 2.43 bits per heavy atom. The molecule has 1 heterocycles. The quantitative estimate of drug-likeness (QED) is 0.620. The molecule has 14 heavy (non-hydrogen) atoms. The minimum atomic E-state index is -0.541. The van der Waals surface area contributed by atoms with Gasteiger partial charge < -0.3 is 15.3 Å². The fraction of sp³-hybridized carbons (Fsp3) is 0.778. The molecule has 1 aliphatic rings. The van der Waals surface area contributed by atoms with E-state index in [0.717, 1.165) is 0 Å². The van der Waals surface area contributed by atoms with E-state index in [0.29, 0.717) is 19.4 Å². The minimum Gasteiger partial charge on any atom is -0.392 e. The fourth-order valence-corrected chi connectivity index (χ4v) is 1.55. The van der Waals surface area contributed by atoms with Crippen LogP contribution >= 0.6 is 0 Å². The van der Waals surface area contributed by atoms with Gasteiger partial charge in [0.1, 0.15) is 6.04 Å². The van der Waals surface area contributed by atoms with Crippen LogP contribution in [-0.4, -0.2) is 47.6 Å². The van der Waals surface area contributed by atoms with E-state index in [1.165, 1.54) is 4.90 Å². The molecular formula is C9H16N2O3. The van der Waals surface area contributed by atoms with Crippen molar-refractivity contribution in [2.75, 3.05) is 13.6 Å². The van der Waals surface area contributed by atoms with Gasteiger partial charge in [-0.25, -0.2) is 0 Å². The van der Waals surface area contributed by atoms with E-state index in [1.54, 1.807) is 14.0 Å². The van der Waals surface area contributed by atoms with Gasteiger partial charge in [-0.2, -0.15) is 0 Å². The summed E-state index contributed by atoms with van der Waals surface area (Å²) in [7, 11) is 1.62. The van der Waals surface area contributed by atoms with Crippen LogP contribution < -0.4 is 5.32 Å². The molecule has 0 radical (unpaired) electrons. The largest absolute Gasteiger partial charge is 0.392 e. The number of nitrogens with zero attached hydrogens (tertiary/aromatic N) is 1. The van der Waals surface area contributed by atoms with Gasteiger partial charge >= 0.3 is 0 Å². The van der Waals surface area contributed by atoms with E-state index in [1.807, 2.05) is 0 Å². The molecule has 1 fully saturated rings. The van der Waals surface area contributed by atoms with E-state index in [9.17, 15) is 9.59 Å². The first-order valence-electron chi connectivity index (χ1n) is 4.73. The Kier molecular flexibility index (Phi) is 3.46. The fourth-order valence-electron chi connectivity index (χ4n) is 1.55. The molecule has 0 aliphatic carbocycles. The zero-order valence-electron chi connectivity index (χ0n) is 8.49. The molecule has 0 aromatic rings. The van der Waals surface area contributed by atoms with Gasteiger partial charge in [0.15, 0.2) is 0 Å². The maximum Gasteiger partial charge on any atom is 0.244 e. The lowest BCUT2D eigenvalue weighted by Crippen LogP contribution is -2.44. The van der Waals surface area contributed by atoms with E-state index < -0.39 is 12.1 Å². The van der Waals surface area contributed by atoms with Crippen LogP contribution in [0.4, 0.5) is 0 Å². The van der Waals surface area contributed by atoms with Gasteiger partial charge in [-0.15, -0.1) is 0 Å². The summed E-state index contributed by atoms with van der Waals surface area (Å²) in [6, 6.07) is -0.397. The van der Waals surface area contributed by atoms with Crippen molar-refractivity contribution in [1.29, 1.82) is 0 Å². The molecule has 0 bridgehead atoms. The van der Waals surface area contributed by atoms with Gasteiger partial charge in [-0.1, -0.05) is 0 Å². The molecule has 0 spiro atoms. The summed E-state index contributed by atoms with van der Waals surface area (Å²) >= 11 is 0. The van der Waals surface area contributed by atoms with Crippen molar-refractivity contribution in [3.63, 3.8) is 0 Å². The highest BCUT2D eigenvalue weighted by Gasteiger charge is 2.29. The van der Waals surface area contributed by atoms with Gasteiger partial charge in [-0.3, -0.25) is 9.59 Å². The number of carbonyl (C=O) groups excluding carboxylic acids is 2. The van der Waals surface area contributed by atoms with Crippen molar-refractivity contribution in [2.45, 2.75) is 31.9 Å². The van der Waals surface area contributed by atoms with Gasteiger partial charge in [0, 0.05) is 20.0 Å². The predicted molar refractivity (Wildman–Crippen MR) is 50.5 cm³/mol. The SMILES string of the molecule is CC(O)CN(C)C(=O)[C@H]1CCC(=O)N1. The molecule has 1 aliphatic heterocycles. The predicted octanol–water partition coefficient (Wildman–Crippen LogP) is -0.896. The second kappa shape index (κ2) is 4.41. The summed E-state index contributed by atoms with van der Waals surface area (Å²) in [6.45, 7) is 1.92. The summed E-state index contributed by atoms with van der Waals surface area (Å²) in [5.74, 6) is -0.203. The number of aliphatic hydroxyl groups is 1. The summed E-state index contributed by atoms with van der Waals surface area (Å²) < 4.78 is 0. The molecule has 1 saturated heterocycles. The Hall–Kier alpha value is -1.10. The first kappa shape index (κ1) is 11.0. The number of nitrogens with one attached hydrogen (secondary N) is 1. The van der Waals surface area contributed by atoms with Crippen LogP contribution in [0.5, 0.6) is 0 Å². The molecule has 2 amide bonds. The lowest BCUT2D eigenvalue weighted by molar-refractivity contribution is -0.134. The maximum atomic E-state index is 11.6. The van der Waals surface area contributed by atoms with Crippen LogP contribution in [0.1, 0.15) is 19.8 Å². The molecule has 5 heteroatoms. The van der Waals surface area contributed by atoms with Crippen molar-refractivity contribution >= 4 is 11.8 Å². The van der Waals surface area contributed by atoms with E-state index in [2.05, 4.69) is 5.32 Å². The van der Waals surface area contributed by atoms with Gasteiger partial charge in [0.25, 0.3) is 0 Å². The molecule has 2 atom stereocenters. The minimum absolute atomic E-state index is 0.0752. The molecule has 0 saturated carbocycles.